The molecule has 0 rings (SSSR count). The predicted molar refractivity (Wildman–Crippen MR) is 67.0 cm³/mol. The molecule has 0 aliphatic carbocycles. The molecule has 4 N–H and O–H groups in total. The molecule has 0 spiro atoms. The number of nitrogens with two attached hydrogens (primary N) is 1. The Balaban J connectivity index is 0. The van der Waals surface area contributed by atoms with E-state index in [4.69, 9.17) is 25.6 Å². The number of hydroxylamine groups is 2. The summed E-state index contributed by atoms with van der Waals surface area (Å²) < 4.78 is 0. The van der Waals surface area contributed by atoms with Crippen LogP contribution in [-0.4, -0.2) is 55.0 Å². The second-order valence-electron chi connectivity index (χ2n) is 3.26. The molecule has 0 unspecified atom stereocenters. The average Bonchev–Trinajstić information content (AvgIpc) is 2.37. The molecule has 0 bridgehead atoms. The van der Waals surface area contributed by atoms with Crippen LogP contribution in [0.3, 0.4) is 0 Å². The number of unbranched alkanes of at least 4 members (excludes halogenated alkanes) is 2. The lowest BCUT2D eigenvalue weighted by Crippen LogP contribution is -2.26. The maximum absolute atomic E-state index is 8.38. The van der Waals surface area contributed by atoms with Gasteiger partial charge in [0, 0.05) is 6.54 Å². The Morgan fingerprint density at radius 3 is 1.76 bits per heavy atom. The molecule has 0 saturated carbocycles. The summed E-state index contributed by atoms with van der Waals surface area (Å²) in [4.78, 5) is 9.78. The van der Waals surface area contributed by atoms with E-state index in [-0.39, 0.29) is 26.4 Å². The molecular formula is C11H28N2O4. The molecule has 17 heavy (non-hydrogen) atoms. The Morgan fingerprint density at radius 2 is 1.53 bits per heavy atom. The van der Waals surface area contributed by atoms with Crippen LogP contribution in [0.25, 0.3) is 0 Å². The van der Waals surface area contributed by atoms with Crippen molar-refractivity contribution >= 4 is 0 Å². The lowest BCUT2D eigenvalue weighted by molar-refractivity contribution is -0.369. The smallest absolute Gasteiger partial charge is 0.0942 e. The zero-order chi connectivity index (χ0) is 13.4. The van der Waals surface area contributed by atoms with Crippen molar-refractivity contribution in [3.8, 4) is 0 Å². The van der Waals surface area contributed by atoms with Gasteiger partial charge >= 0.3 is 0 Å². The summed E-state index contributed by atoms with van der Waals surface area (Å²) in [5, 5.41) is 18.0. The zero-order valence-electron chi connectivity index (χ0n) is 11.1. The van der Waals surface area contributed by atoms with Gasteiger partial charge in [-0.15, -0.1) is 0 Å². The highest BCUT2D eigenvalue weighted by atomic mass is 16.9. The van der Waals surface area contributed by atoms with Crippen LogP contribution in [0.2, 0.25) is 0 Å². The Labute approximate surface area is 104 Å². The second kappa shape index (κ2) is 18.1. The molecule has 106 valence electrons. The molecule has 0 saturated heterocycles. The average molecular weight is 252 g/mol. The number of hydrogen-bond acceptors (Lipinski definition) is 6. The molecule has 0 aliphatic rings. The van der Waals surface area contributed by atoms with Gasteiger partial charge in [-0.2, -0.15) is 0 Å². The van der Waals surface area contributed by atoms with Crippen molar-refractivity contribution in [1.82, 2.24) is 5.23 Å². The molecular weight excluding hydrogens is 224 g/mol. The standard InChI is InChI=1S/C6H15NO4.C5H13N/c1-2-7(10-5-3-8)11-6-4-9;1-2-3-4-5-6/h8-9H,2-6H2,1H3;2-6H2,1H3. The summed E-state index contributed by atoms with van der Waals surface area (Å²) in [5.41, 5.74) is 5.21. The minimum absolute atomic E-state index is 0.0427. The predicted octanol–water partition coefficient (Wildman–Crippen LogP) is 0.291. The first kappa shape index (κ1) is 19.1. The summed E-state index contributed by atoms with van der Waals surface area (Å²) in [5.74, 6) is 0. The van der Waals surface area contributed by atoms with E-state index in [0.717, 1.165) is 6.54 Å². The summed E-state index contributed by atoms with van der Waals surface area (Å²) in [6.07, 6.45) is 3.75. The van der Waals surface area contributed by atoms with Crippen LogP contribution in [0.4, 0.5) is 0 Å². The van der Waals surface area contributed by atoms with Crippen LogP contribution >= 0.6 is 0 Å². The largest absolute Gasteiger partial charge is 0.394 e. The first-order valence-electron chi connectivity index (χ1n) is 6.21. The number of hydrogen-bond donors (Lipinski definition) is 3. The van der Waals surface area contributed by atoms with Gasteiger partial charge in [0.25, 0.3) is 0 Å². The van der Waals surface area contributed by atoms with Crippen molar-refractivity contribution in [2.24, 2.45) is 5.73 Å². The highest BCUT2D eigenvalue weighted by Crippen LogP contribution is 1.90. The Bertz CT molecular complexity index is 116. The summed E-state index contributed by atoms with van der Waals surface area (Å²) in [7, 11) is 0. The van der Waals surface area contributed by atoms with Crippen molar-refractivity contribution in [2.75, 3.05) is 39.5 Å². The lowest BCUT2D eigenvalue weighted by atomic mass is 10.3. The van der Waals surface area contributed by atoms with E-state index >= 15 is 0 Å². The Morgan fingerprint density at radius 1 is 1.00 bits per heavy atom. The van der Waals surface area contributed by atoms with Gasteiger partial charge < -0.3 is 15.9 Å². The van der Waals surface area contributed by atoms with E-state index in [1.165, 1.54) is 24.5 Å². The molecule has 0 heterocycles. The number of nitrogens with zero attached hydrogens (tertiary/aromatic N) is 1. The van der Waals surface area contributed by atoms with Gasteiger partial charge in [0.1, 0.15) is 0 Å². The summed E-state index contributed by atoms with van der Waals surface area (Å²) >= 11 is 0. The fraction of sp³-hybridized carbons (Fsp3) is 1.00. The third kappa shape index (κ3) is 18.3. The van der Waals surface area contributed by atoms with Crippen molar-refractivity contribution < 1.29 is 19.9 Å². The molecule has 0 aromatic heterocycles. The molecule has 0 aromatic carbocycles. The molecule has 0 fully saturated rings. The molecule has 0 amide bonds. The highest BCUT2D eigenvalue weighted by Gasteiger charge is 2.00. The van der Waals surface area contributed by atoms with Gasteiger partial charge in [0.2, 0.25) is 0 Å². The summed E-state index contributed by atoms with van der Waals surface area (Å²) in [6, 6.07) is 0. The van der Waals surface area contributed by atoms with Gasteiger partial charge in [0.15, 0.2) is 0 Å². The highest BCUT2D eigenvalue weighted by molar-refractivity contribution is 4.35. The molecule has 6 nitrogen and oxygen atoms in total. The van der Waals surface area contributed by atoms with Gasteiger partial charge in [-0.1, -0.05) is 25.0 Å². The maximum atomic E-state index is 8.38. The molecule has 0 aromatic rings. The number of aliphatic hydroxyl groups excluding tert-OH is 2. The minimum Gasteiger partial charge on any atom is -0.394 e. The van der Waals surface area contributed by atoms with E-state index in [9.17, 15) is 0 Å². The molecule has 0 atom stereocenters. The molecule has 0 radical (unpaired) electrons. The van der Waals surface area contributed by atoms with Crippen LogP contribution in [0.1, 0.15) is 33.1 Å². The lowest BCUT2D eigenvalue weighted by Gasteiger charge is -2.17. The quantitative estimate of drug-likeness (QED) is 0.382. The molecule has 0 aliphatic heterocycles. The van der Waals surface area contributed by atoms with E-state index < -0.39 is 0 Å². The van der Waals surface area contributed by atoms with Crippen molar-refractivity contribution in [3.63, 3.8) is 0 Å². The van der Waals surface area contributed by atoms with Crippen LogP contribution < -0.4 is 5.73 Å². The minimum atomic E-state index is -0.0427. The third-order valence-electron chi connectivity index (χ3n) is 1.72. The topological polar surface area (TPSA) is 88.2 Å². The number of aliphatic hydroxyl groups is 2. The van der Waals surface area contributed by atoms with Gasteiger partial charge in [-0.05, 0) is 19.9 Å². The van der Waals surface area contributed by atoms with Crippen molar-refractivity contribution in [3.05, 3.63) is 0 Å². The fourth-order valence-corrected chi connectivity index (χ4v) is 0.899. The van der Waals surface area contributed by atoms with Crippen molar-refractivity contribution in [2.45, 2.75) is 33.1 Å². The van der Waals surface area contributed by atoms with Gasteiger partial charge in [-0.3, -0.25) is 9.68 Å². The zero-order valence-corrected chi connectivity index (χ0v) is 11.1. The third-order valence-corrected chi connectivity index (χ3v) is 1.72. The first-order valence-corrected chi connectivity index (χ1v) is 6.21. The fourth-order valence-electron chi connectivity index (χ4n) is 0.899. The molecule has 6 heteroatoms. The maximum Gasteiger partial charge on any atom is 0.0942 e. The first-order chi connectivity index (χ1) is 8.26. The summed E-state index contributed by atoms with van der Waals surface area (Å²) in [6.45, 7) is 5.76. The second-order valence-corrected chi connectivity index (χ2v) is 3.26. The van der Waals surface area contributed by atoms with Crippen LogP contribution in [-0.2, 0) is 9.68 Å². The van der Waals surface area contributed by atoms with E-state index in [0.29, 0.717) is 6.54 Å². The van der Waals surface area contributed by atoms with Crippen molar-refractivity contribution in [1.29, 1.82) is 0 Å². The van der Waals surface area contributed by atoms with Crippen LogP contribution in [0.5, 0.6) is 0 Å². The van der Waals surface area contributed by atoms with E-state index in [2.05, 4.69) is 6.92 Å². The van der Waals surface area contributed by atoms with Crippen LogP contribution in [0, 0.1) is 0 Å². The van der Waals surface area contributed by atoms with Gasteiger partial charge in [-0.25, -0.2) is 0 Å². The Hall–Kier alpha value is -0.240. The van der Waals surface area contributed by atoms with Gasteiger partial charge in [0.05, 0.1) is 26.4 Å². The van der Waals surface area contributed by atoms with Crippen LogP contribution in [0.15, 0.2) is 0 Å². The number of rotatable bonds is 10. The van der Waals surface area contributed by atoms with E-state index in [1.54, 1.807) is 0 Å². The monoisotopic (exact) mass is 252 g/mol. The van der Waals surface area contributed by atoms with E-state index in [1.807, 2.05) is 6.92 Å². The SMILES string of the molecule is CCCCCN.CCN(OCCO)OCCO. The Kier molecular flexibility index (Phi) is 20.4. The normalized spacial score (nSPS) is 10.2.